The van der Waals surface area contributed by atoms with Crippen LogP contribution >= 0.6 is 0 Å². The van der Waals surface area contributed by atoms with Crippen molar-refractivity contribution < 1.29 is 0 Å². The third kappa shape index (κ3) is 5.90. The molecule has 0 aliphatic rings. The fraction of sp³-hybridized carbons (Fsp3) is 0. The Hall–Kier alpha value is -8.41. The lowest BCUT2D eigenvalue weighted by atomic mass is 9.93. The highest BCUT2D eigenvalue weighted by atomic mass is 15.2. The van der Waals surface area contributed by atoms with Crippen LogP contribution in [-0.2, 0) is 0 Å². The van der Waals surface area contributed by atoms with Crippen molar-refractivity contribution in [2.75, 3.05) is 0 Å². The maximum absolute atomic E-state index is 5.29. The van der Waals surface area contributed by atoms with Crippen molar-refractivity contribution in [2.45, 2.75) is 0 Å². The van der Waals surface area contributed by atoms with Gasteiger partial charge in [0.05, 0.1) is 27.8 Å². The number of hydrogen-bond donors (Lipinski definition) is 0. The molecule has 0 N–H and O–H groups in total. The number of nitrogens with zero attached hydrogens (tertiary/aromatic N) is 5. The summed E-state index contributed by atoms with van der Waals surface area (Å²) in [7, 11) is 0. The van der Waals surface area contributed by atoms with Crippen LogP contribution in [0.1, 0.15) is 0 Å². The van der Waals surface area contributed by atoms with E-state index in [1.54, 1.807) is 0 Å². The van der Waals surface area contributed by atoms with Crippen LogP contribution in [0.4, 0.5) is 0 Å². The van der Waals surface area contributed by atoms with Crippen molar-refractivity contribution >= 4 is 43.6 Å². The summed E-state index contributed by atoms with van der Waals surface area (Å²) < 4.78 is 4.68. The average molecular weight is 792 g/mol. The second kappa shape index (κ2) is 14.7. The molecule has 0 bridgehead atoms. The van der Waals surface area contributed by atoms with E-state index in [9.17, 15) is 0 Å². The van der Waals surface area contributed by atoms with Gasteiger partial charge in [-0.3, -0.25) is 4.57 Å². The van der Waals surface area contributed by atoms with E-state index in [0.717, 1.165) is 60.6 Å². The number of fused-ring (bicyclic) bond motifs is 6. The normalized spacial score (nSPS) is 11.5. The lowest BCUT2D eigenvalue weighted by molar-refractivity contribution is 0.954. The molecule has 3 heterocycles. The molecule has 0 aliphatic carbocycles. The van der Waals surface area contributed by atoms with Gasteiger partial charge in [0.1, 0.15) is 0 Å². The Bertz CT molecular complexity index is 3590. The summed E-state index contributed by atoms with van der Waals surface area (Å²) in [6.45, 7) is 0. The zero-order valence-electron chi connectivity index (χ0n) is 33.6. The van der Waals surface area contributed by atoms with E-state index in [2.05, 4.69) is 209 Å². The molecule has 290 valence electrons. The van der Waals surface area contributed by atoms with Crippen molar-refractivity contribution in [1.29, 1.82) is 0 Å². The molecular formula is C57H37N5. The Balaban J connectivity index is 1.12. The smallest absolute Gasteiger partial charge is 0.238 e. The van der Waals surface area contributed by atoms with Crippen molar-refractivity contribution in [3.63, 3.8) is 0 Å². The first-order valence-corrected chi connectivity index (χ1v) is 21.0. The summed E-state index contributed by atoms with van der Waals surface area (Å²) in [5, 5.41) is 4.56. The number of aromatic nitrogens is 5. The van der Waals surface area contributed by atoms with E-state index in [-0.39, 0.29) is 0 Å². The highest BCUT2D eigenvalue weighted by Gasteiger charge is 2.23. The van der Waals surface area contributed by atoms with Gasteiger partial charge < -0.3 is 4.57 Å². The Kier molecular flexibility index (Phi) is 8.42. The van der Waals surface area contributed by atoms with Crippen LogP contribution in [0.5, 0.6) is 0 Å². The Labute approximate surface area is 358 Å². The monoisotopic (exact) mass is 791 g/mol. The van der Waals surface area contributed by atoms with Gasteiger partial charge in [-0.05, 0) is 58.1 Å². The van der Waals surface area contributed by atoms with Gasteiger partial charge in [-0.1, -0.05) is 194 Å². The molecule has 0 unspecified atom stereocenters. The van der Waals surface area contributed by atoms with Gasteiger partial charge in [0, 0.05) is 38.2 Å². The molecular weight excluding hydrogens is 755 g/mol. The molecule has 0 radical (unpaired) electrons. The minimum absolute atomic E-state index is 0.567. The molecule has 0 fully saturated rings. The third-order valence-corrected chi connectivity index (χ3v) is 12.0. The molecule has 0 amide bonds. The second-order valence-corrected chi connectivity index (χ2v) is 15.6. The summed E-state index contributed by atoms with van der Waals surface area (Å²) in [5.74, 6) is 1.80. The van der Waals surface area contributed by atoms with E-state index in [4.69, 9.17) is 15.0 Å². The van der Waals surface area contributed by atoms with Gasteiger partial charge in [0.2, 0.25) is 5.95 Å². The SMILES string of the molecule is c1ccc(-c2ccc(-c3nc(-c4ccccc4)nc(-n4c5ccccc5c5cc6c(cc54)c4ccccc4n6-c4cccc(-c5ccccc5)c4-c4ccccc4)n3)cc2)cc1. The van der Waals surface area contributed by atoms with Crippen LogP contribution in [0.2, 0.25) is 0 Å². The van der Waals surface area contributed by atoms with Gasteiger partial charge in [-0.15, -0.1) is 0 Å². The topological polar surface area (TPSA) is 48.5 Å². The first-order valence-electron chi connectivity index (χ1n) is 21.0. The summed E-state index contributed by atoms with van der Waals surface area (Å²) in [5.41, 5.74) is 14.3. The Morgan fingerprint density at radius 1 is 0.274 bits per heavy atom. The molecule has 12 rings (SSSR count). The Morgan fingerprint density at radius 2 is 0.710 bits per heavy atom. The Morgan fingerprint density at radius 3 is 1.31 bits per heavy atom. The summed E-state index contributed by atoms with van der Waals surface area (Å²) in [6, 6.07) is 79.3. The van der Waals surface area contributed by atoms with Crippen molar-refractivity contribution in [1.82, 2.24) is 24.1 Å². The number of benzene rings is 9. The van der Waals surface area contributed by atoms with Gasteiger partial charge in [0.15, 0.2) is 11.6 Å². The van der Waals surface area contributed by atoms with Crippen molar-refractivity contribution in [2.24, 2.45) is 0 Å². The number of hydrogen-bond acceptors (Lipinski definition) is 3. The maximum Gasteiger partial charge on any atom is 0.238 e. The zero-order valence-corrected chi connectivity index (χ0v) is 33.6. The van der Waals surface area contributed by atoms with Crippen LogP contribution < -0.4 is 0 Å². The molecule has 3 aromatic heterocycles. The molecule has 12 aromatic rings. The van der Waals surface area contributed by atoms with Gasteiger partial charge in [0.25, 0.3) is 0 Å². The third-order valence-electron chi connectivity index (χ3n) is 12.0. The van der Waals surface area contributed by atoms with Crippen molar-refractivity contribution in [3.8, 4) is 67.8 Å². The van der Waals surface area contributed by atoms with Crippen LogP contribution in [0.3, 0.4) is 0 Å². The summed E-state index contributed by atoms with van der Waals surface area (Å²) in [4.78, 5) is 15.6. The lowest BCUT2D eigenvalue weighted by Crippen LogP contribution is -2.06. The standard InChI is InChI=1S/C57H37N5/c1-5-18-38(19-6-1)39-32-34-43(35-33-39)56-58-55(42-24-11-4-12-25-42)59-57(60-56)62-50-30-16-14-27-46(50)48-36-52-47(37-53(48)62)45-26-13-15-29-49(45)61(52)51-31-17-28-44(40-20-7-2-8-21-40)54(51)41-22-9-3-10-23-41/h1-37H. The molecule has 0 saturated heterocycles. The minimum Gasteiger partial charge on any atom is -0.309 e. The minimum atomic E-state index is 0.567. The summed E-state index contributed by atoms with van der Waals surface area (Å²) >= 11 is 0. The number of para-hydroxylation sites is 2. The predicted octanol–water partition coefficient (Wildman–Crippen LogP) is 14.4. The van der Waals surface area contributed by atoms with E-state index >= 15 is 0 Å². The molecule has 0 atom stereocenters. The van der Waals surface area contributed by atoms with Crippen molar-refractivity contribution in [3.05, 3.63) is 224 Å². The van der Waals surface area contributed by atoms with Gasteiger partial charge in [-0.25, -0.2) is 4.98 Å². The molecule has 62 heavy (non-hydrogen) atoms. The second-order valence-electron chi connectivity index (χ2n) is 15.6. The number of rotatable bonds is 7. The fourth-order valence-electron chi connectivity index (χ4n) is 9.15. The average Bonchev–Trinajstić information content (AvgIpc) is 3.86. The van der Waals surface area contributed by atoms with Crippen LogP contribution in [0.25, 0.3) is 111 Å². The fourth-order valence-corrected chi connectivity index (χ4v) is 9.15. The van der Waals surface area contributed by atoms with Crippen LogP contribution in [0.15, 0.2) is 224 Å². The first-order chi connectivity index (χ1) is 30.8. The van der Waals surface area contributed by atoms with Gasteiger partial charge in [-0.2, -0.15) is 9.97 Å². The van der Waals surface area contributed by atoms with Gasteiger partial charge >= 0.3 is 0 Å². The highest BCUT2D eigenvalue weighted by Crippen LogP contribution is 2.43. The zero-order chi connectivity index (χ0) is 41.0. The molecule has 5 nitrogen and oxygen atoms in total. The van der Waals surface area contributed by atoms with Crippen LogP contribution in [0, 0.1) is 0 Å². The molecule has 5 heteroatoms. The van der Waals surface area contributed by atoms with E-state index in [1.807, 2.05) is 24.3 Å². The predicted molar refractivity (Wildman–Crippen MR) is 256 cm³/mol. The first kappa shape index (κ1) is 35.5. The molecule has 0 spiro atoms. The maximum atomic E-state index is 5.29. The highest BCUT2D eigenvalue weighted by molar-refractivity contribution is 6.19. The summed E-state index contributed by atoms with van der Waals surface area (Å²) in [6.07, 6.45) is 0. The van der Waals surface area contributed by atoms with E-state index in [0.29, 0.717) is 17.6 Å². The molecule has 9 aromatic carbocycles. The van der Waals surface area contributed by atoms with E-state index in [1.165, 1.54) is 33.2 Å². The van der Waals surface area contributed by atoms with Crippen LogP contribution in [-0.4, -0.2) is 24.1 Å². The molecule has 0 aliphatic heterocycles. The molecule has 0 saturated carbocycles. The largest absolute Gasteiger partial charge is 0.309 e. The quantitative estimate of drug-likeness (QED) is 0.162. The van der Waals surface area contributed by atoms with E-state index < -0.39 is 0 Å². The lowest BCUT2D eigenvalue weighted by Gasteiger charge is -2.18.